The van der Waals surface area contributed by atoms with Gasteiger partial charge in [-0.25, -0.2) is 14.3 Å². The van der Waals surface area contributed by atoms with Crippen molar-refractivity contribution >= 4 is 0 Å². The van der Waals surface area contributed by atoms with E-state index in [1.54, 1.807) is 21.9 Å². The molecule has 0 spiro atoms. The Bertz CT molecular complexity index is 926. The quantitative estimate of drug-likeness (QED) is 0.584. The van der Waals surface area contributed by atoms with Crippen LogP contribution in [0.3, 0.4) is 0 Å². The van der Waals surface area contributed by atoms with Crippen LogP contribution < -0.4 is 0 Å². The summed E-state index contributed by atoms with van der Waals surface area (Å²) < 4.78 is 3.53. The highest BCUT2D eigenvalue weighted by molar-refractivity contribution is 5.74. The van der Waals surface area contributed by atoms with Gasteiger partial charge < -0.3 is 0 Å². The summed E-state index contributed by atoms with van der Waals surface area (Å²) in [6, 6.07) is 14.5. The smallest absolute Gasteiger partial charge is 0.138 e. The summed E-state index contributed by atoms with van der Waals surface area (Å²) in [6.45, 7) is 2.07. The van der Waals surface area contributed by atoms with Gasteiger partial charge in [0, 0.05) is 5.56 Å². The Morgan fingerprint density at radius 3 is 2.74 bits per heavy atom. The van der Waals surface area contributed by atoms with Gasteiger partial charge in [0.15, 0.2) is 0 Å². The van der Waals surface area contributed by atoms with Gasteiger partial charge in [0.25, 0.3) is 0 Å². The minimum Gasteiger partial charge on any atom is -0.223 e. The molecule has 0 radical (unpaired) electrons. The van der Waals surface area contributed by atoms with E-state index in [0.29, 0.717) is 0 Å². The average molecular weight is 302 g/mol. The van der Waals surface area contributed by atoms with E-state index in [2.05, 4.69) is 57.7 Å². The molecule has 23 heavy (non-hydrogen) atoms. The monoisotopic (exact) mass is 302 g/mol. The van der Waals surface area contributed by atoms with Crippen molar-refractivity contribution < 1.29 is 0 Å². The largest absolute Gasteiger partial charge is 0.223 e. The summed E-state index contributed by atoms with van der Waals surface area (Å²) in [6.07, 6.45) is 6.74. The van der Waals surface area contributed by atoms with Crippen LogP contribution >= 0.6 is 0 Å². The molecule has 0 saturated heterocycles. The van der Waals surface area contributed by atoms with Crippen LogP contribution in [0.25, 0.3) is 22.5 Å². The van der Waals surface area contributed by atoms with Crippen LogP contribution in [0.5, 0.6) is 0 Å². The van der Waals surface area contributed by atoms with Gasteiger partial charge in [-0.3, -0.25) is 0 Å². The fourth-order valence-electron chi connectivity index (χ4n) is 2.57. The predicted octanol–water partition coefficient (Wildman–Crippen LogP) is 2.82. The van der Waals surface area contributed by atoms with Gasteiger partial charge in [-0.15, -0.1) is 5.10 Å². The molecule has 2 aromatic carbocycles. The van der Waals surface area contributed by atoms with Crippen molar-refractivity contribution in [2.75, 3.05) is 0 Å². The topological polar surface area (TPSA) is 61.4 Å². The van der Waals surface area contributed by atoms with Gasteiger partial charge in [-0.1, -0.05) is 29.5 Å². The number of benzene rings is 2. The van der Waals surface area contributed by atoms with Crippen LogP contribution in [0, 0.1) is 6.92 Å². The van der Waals surface area contributed by atoms with E-state index < -0.39 is 0 Å². The van der Waals surface area contributed by atoms with Gasteiger partial charge in [0.2, 0.25) is 0 Å². The molecule has 0 amide bonds. The van der Waals surface area contributed by atoms with Crippen LogP contribution in [-0.2, 0) is 0 Å². The molecule has 112 valence electrons. The van der Waals surface area contributed by atoms with Gasteiger partial charge in [0.1, 0.15) is 12.7 Å². The predicted molar refractivity (Wildman–Crippen MR) is 86.4 cm³/mol. The zero-order valence-corrected chi connectivity index (χ0v) is 12.5. The lowest BCUT2D eigenvalue weighted by atomic mass is 10.0. The molecule has 4 rings (SSSR count). The summed E-state index contributed by atoms with van der Waals surface area (Å²) >= 11 is 0. The number of hydrogen-bond acceptors (Lipinski definition) is 4. The number of hydrogen-bond donors (Lipinski definition) is 0. The Hall–Kier alpha value is -3.28. The minimum absolute atomic E-state index is 0.963. The molecular weight excluding hydrogens is 288 g/mol. The summed E-state index contributed by atoms with van der Waals surface area (Å²) in [4.78, 5) is 4.00. The van der Waals surface area contributed by atoms with Gasteiger partial charge in [0.05, 0.1) is 23.8 Å². The molecule has 0 aliphatic carbocycles. The summed E-state index contributed by atoms with van der Waals surface area (Å²) in [7, 11) is 0. The Morgan fingerprint density at radius 2 is 1.96 bits per heavy atom. The van der Waals surface area contributed by atoms with E-state index in [4.69, 9.17) is 0 Å². The summed E-state index contributed by atoms with van der Waals surface area (Å²) in [5.74, 6) is 0. The number of aryl methyl sites for hydroxylation is 1. The zero-order valence-electron chi connectivity index (χ0n) is 12.5. The van der Waals surface area contributed by atoms with E-state index in [9.17, 15) is 0 Å². The summed E-state index contributed by atoms with van der Waals surface area (Å²) in [5, 5.41) is 12.2. The third-order valence-electron chi connectivity index (χ3n) is 3.66. The second kappa shape index (κ2) is 5.49. The maximum atomic E-state index is 4.19. The van der Waals surface area contributed by atoms with Gasteiger partial charge in [-0.05, 0) is 36.2 Å². The van der Waals surface area contributed by atoms with Crippen molar-refractivity contribution in [3.63, 3.8) is 0 Å². The van der Waals surface area contributed by atoms with Crippen molar-refractivity contribution in [1.29, 1.82) is 0 Å². The van der Waals surface area contributed by atoms with Crippen molar-refractivity contribution in [2.45, 2.75) is 6.92 Å². The number of nitrogens with zero attached hydrogens (tertiary/aromatic N) is 6. The molecule has 2 heterocycles. The molecule has 6 nitrogen and oxygen atoms in total. The molecule has 0 bridgehead atoms. The third-order valence-corrected chi connectivity index (χ3v) is 3.66. The molecule has 0 atom stereocenters. The first kappa shape index (κ1) is 13.4. The lowest BCUT2D eigenvalue weighted by molar-refractivity contribution is 0.803. The SMILES string of the molecule is Cc1ccc(-c2cccc(-n3cncn3)c2)c(-n2ccnn2)c1. The standard InChI is InChI=1S/C17H14N6/c1-13-5-6-16(17(9-13)22-8-7-19-21-22)14-3-2-4-15(10-14)23-12-18-11-20-23/h2-12H,1H3. The molecule has 0 aliphatic heterocycles. The fourth-order valence-corrected chi connectivity index (χ4v) is 2.57. The van der Waals surface area contributed by atoms with Crippen molar-refractivity contribution in [3.8, 4) is 22.5 Å². The Morgan fingerprint density at radius 1 is 1.00 bits per heavy atom. The molecule has 0 N–H and O–H groups in total. The van der Waals surface area contributed by atoms with Crippen molar-refractivity contribution in [2.24, 2.45) is 0 Å². The highest BCUT2D eigenvalue weighted by Crippen LogP contribution is 2.28. The molecule has 0 saturated carbocycles. The van der Waals surface area contributed by atoms with E-state index in [0.717, 1.165) is 22.5 Å². The maximum absolute atomic E-state index is 4.19. The first-order valence-corrected chi connectivity index (χ1v) is 7.24. The first-order valence-electron chi connectivity index (χ1n) is 7.24. The van der Waals surface area contributed by atoms with Crippen molar-refractivity contribution in [3.05, 3.63) is 73.1 Å². The van der Waals surface area contributed by atoms with E-state index in [1.807, 2.05) is 18.3 Å². The van der Waals surface area contributed by atoms with Crippen molar-refractivity contribution in [1.82, 2.24) is 29.8 Å². The van der Waals surface area contributed by atoms with Crippen LogP contribution in [0.4, 0.5) is 0 Å². The lowest BCUT2D eigenvalue weighted by Crippen LogP contribution is -2.00. The van der Waals surface area contributed by atoms with Crippen LogP contribution in [0.15, 0.2) is 67.5 Å². The van der Waals surface area contributed by atoms with E-state index >= 15 is 0 Å². The molecule has 4 aromatic rings. The summed E-state index contributed by atoms with van der Waals surface area (Å²) in [5.41, 5.74) is 5.31. The highest BCUT2D eigenvalue weighted by atomic mass is 15.4. The Kier molecular flexibility index (Phi) is 3.20. The number of aromatic nitrogens is 6. The van der Waals surface area contributed by atoms with Gasteiger partial charge in [-0.2, -0.15) is 5.10 Å². The molecule has 2 aromatic heterocycles. The highest BCUT2D eigenvalue weighted by Gasteiger charge is 2.09. The number of rotatable bonds is 3. The van der Waals surface area contributed by atoms with Crippen LogP contribution in [0.2, 0.25) is 0 Å². The normalized spacial score (nSPS) is 10.8. The van der Waals surface area contributed by atoms with E-state index in [-0.39, 0.29) is 0 Å². The molecular formula is C17H14N6. The first-order chi connectivity index (χ1) is 11.3. The van der Waals surface area contributed by atoms with Crippen LogP contribution in [0.1, 0.15) is 5.56 Å². The third kappa shape index (κ3) is 2.50. The zero-order chi connectivity index (χ0) is 15.6. The second-order valence-electron chi connectivity index (χ2n) is 5.26. The van der Waals surface area contributed by atoms with E-state index in [1.165, 1.54) is 11.9 Å². The second-order valence-corrected chi connectivity index (χ2v) is 5.26. The minimum atomic E-state index is 0.963. The Balaban J connectivity index is 1.87. The molecule has 6 heteroatoms. The fraction of sp³-hybridized carbons (Fsp3) is 0.0588. The molecule has 0 unspecified atom stereocenters. The molecule has 0 fully saturated rings. The molecule has 0 aliphatic rings. The maximum Gasteiger partial charge on any atom is 0.138 e. The lowest BCUT2D eigenvalue weighted by Gasteiger charge is -2.11. The average Bonchev–Trinajstić information content (AvgIpc) is 3.28. The Labute approximate surface area is 133 Å². The van der Waals surface area contributed by atoms with Gasteiger partial charge >= 0.3 is 0 Å². The van der Waals surface area contributed by atoms with Crippen LogP contribution in [-0.4, -0.2) is 29.8 Å².